The van der Waals surface area contributed by atoms with Crippen LogP contribution in [-0.2, 0) is 0 Å². The third-order valence-corrected chi connectivity index (χ3v) is 4.22. The number of thioether (sulfide) groups is 1. The predicted octanol–water partition coefficient (Wildman–Crippen LogP) is 4.79. The van der Waals surface area contributed by atoms with Gasteiger partial charge in [0.2, 0.25) is 0 Å². The molecule has 0 saturated carbocycles. The molecule has 0 spiro atoms. The third-order valence-electron chi connectivity index (χ3n) is 2.53. The lowest BCUT2D eigenvalue weighted by atomic mass is 10.1. The van der Waals surface area contributed by atoms with E-state index in [2.05, 4.69) is 0 Å². The molecular formula is C14H13Cl2NS. The van der Waals surface area contributed by atoms with E-state index in [0.717, 1.165) is 26.3 Å². The SMILES string of the molecule is NC(CSc1cccc(Cl)c1)c1ccccc1Cl. The Kier molecular flexibility index (Phi) is 4.95. The van der Waals surface area contributed by atoms with Gasteiger partial charge in [-0.2, -0.15) is 0 Å². The molecule has 0 heterocycles. The summed E-state index contributed by atoms with van der Waals surface area (Å²) in [5, 5.41) is 1.46. The molecule has 0 saturated heterocycles. The highest BCUT2D eigenvalue weighted by Gasteiger charge is 2.10. The lowest BCUT2D eigenvalue weighted by Crippen LogP contribution is -2.13. The number of rotatable bonds is 4. The minimum Gasteiger partial charge on any atom is -0.323 e. The molecule has 0 aliphatic rings. The van der Waals surface area contributed by atoms with Crippen LogP contribution in [0.25, 0.3) is 0 Å². The van der Waals surface area contributed by atoms with Gasteiger partial charge < -0.3 is 5.73 Å². The van der Waals surface area contributed by atoms with Crippen molar-refractivity contribution in [3.63, 3.8) is 0 Å². The maximum atomic E-state index is 6.14. The van der Waals surface area contributed by atoms with Crippen molar-refractivity contribution >= 4 is 35.0 Å². The molecule has 2 rings (SSSR count). The molecule has 0 fully saturated rings. The van der Waals surface area contributed by atoms with Gasteiger partial charge >= 0.3 is 0 Å². The van der Waals surface area contributed by atoms with Crippen molar-refractivity contribution in [1.82, 2.24) is 0 Å². The van der Waals surface area contributed by atoms with Crippen LogP contribution >= 0.6 is 35.0 Å². The van der Waals surface area contributed by atoms with Gasteiger partial charge in [-0.25, -0.2) is 0 Å². The Morgan fingerprint density at radius 3 is 2.56 bits per heavy atom. The fraction of sp³-hybridized carbons (Fsp3) is 0.143. The lowest BCUT2D eigenvalue weighted by Gasteiger charge is -2.13. The van der Waals surface area contributed by atoms with Crippen molar-refractivity contribution in [2.24, 2.45) is 5.73 Å². The summed E-state index contributed by atoms with van der Waals surface area (Å²) in [6.07, 6.45) is 0. The Balaban J connectivity index is 2.00. The third kappa shape index (κ3) is 3.66. The van der Waals surface area contributed by atoms with Crippen LogP contribution in [-0.4, -0.2) is 5.75 Å². The molecule has 0 bridgehead atoms. The molecule has 1 nitrogen and oxygen atoms in total. The first-order valence-electron chi connectivity index (χ1n) is 5.55. The predicted molar refractivity (Wildman–Crippen MR) is 80.6 cm³/mol. The molecule has 0 aromatic heterocycles. The summed E-state index contributed by atoms with van der Waals surface area (Å²) in [4.78, 5) is 1.12. The van der Waals surface area contributed by atoms with Gasteiger partial charge in [-0.3, -0.25) is 0 Å². The van der Waals surface area contributed by atoms with E-state index in [0.29, 0.717) is 0 Å². The normalized spacial score (nSPS) is 12.4. The molecule has 0 radical (unpaired) electrons. The number of hydrogen-bond acceptors (Lipinski definition) is 2. The molecule has 4 heteroatoms. The molecule has 2 aromatic carbocycles. The van der Waals surface area contributed by atoms with Gasteiger partial charge in [0.05, 0.1) is 0 Å². The van der Waals surface area contributed by atoms with E-state index in [1.807, 2.05) is 48.5 Å². The Hall–Kier alpha value is -0.670. The van der Waals surface area contributed by atoms with Gasteiger partial charge in [0.1, 0.15) is 0 Å². The van der Waals surface area contributed by atoms with Gasteiger partial charge in [-0.05, 0) is 29.8 Å². The quantitative estimate of drug-likeness (QED) is 0.822. The summed E-state index contributed by atoms with van der Waals surface area (Å²) < 4.78 is 0. The van der Waals surface area contributed by atoms with Gasteiger partial charge in [0.15, 0.2) is 0 Å². The Labute approximate surface area is 121 Å². The highest BCUT2D eigenvalue weighted by Crippen LogP contribution is 2.28. The van der Waals surface area contributed by atoms with Crippen molar-refractivity contribution in [2.45, 2.75) is 10.9 Å². The van der Waals surface area contributed by atoms with E-state index >= 15 is 0 Å². The first-order valence-corrected chi connectivity index (χ1v) is 7.29. The van der Waals surface area contributed by atoms with Crippen molar-refractivity contribution in [3.8, 4) is 0 Å². The average molecular weight is 298 g/mol. The van der Waals surface area contributed by atoms with Gasteiger partial charge in [-0.1, -0.05) is 47.5 Å². The van der Waals surface area contributed by atoms with Crippen molar-refractivity contribution < 1.29 is 0 Å². The molecule has 0 aliphatic heterocycles. The van der Waals surface area contributed by atoms with Gasteiger partial charge in [0.25, 0.3) is 0 Å². The molecule has 2 aromatic rings. The summed E-state index contributed by atoms with van der Waals surface area (Å²) in [5.74, 6) is 0.768. The molecule has 18 heavy (non-hydrogen) atoms. The number of hydrogen-bond donors (Lipinski definition) is 1. The fourth-order valence-electron chi connectivity index (χ4n) is 1.61. The van der Waals surface area contributed by atoms with Crippen LogP contribution in [0, 0.1) is 0 Å². The zero-order valence-corrected chi connectivity index (χ0v) is 12.0. The Morgan fingerprint density at radius 1 is 1.06 bits per heavy atom. The number of benzene rings is 2. The zero-order valence-electron chi connectivity index (χ0n) is 9.64. The first kappa shape index (κ1) is 13.8. The van der Waals surface area contributed by atoms with E-state index in [1.165, 1.54) is 0 Å². The topological polar surface area (TPSA) is 26.0 Å². The van der Waals surface area contributed by atoms with Crippen molar-refractivity contribution in [1.29, 1.82) is 0 Å². The molecule has 0 amide bonds. The second-order valence-corrected chi connectivity index (χ2v) is 5.83. The lowest BCUT2D eigenvalue weighted by molar-refractivity contribution is 0.831. The van der Waals surface area contributed by atoms with Crippen molar-refractivity contribution in [2.75, 3.05) is 5.75 Å². The highest BCUT2D eigenvalue weighted by molar-refractivity contribution is 7.99. The molecular weight excluding hydrogens is 285 g/mol. The average Bonchev–Trinajstić information content (AvgIpc) is 2.37. The highest BCUT2D eigenvalue weighted by atomic mass is 35.5. The first-order chi connectivity index (χ1) is 8.66. The minimum absolute atomic E-state index is 0.0809. The van der Waals surface area contributed by atoms with E-state index in [1.54, 1.807) is 11.8 Å². The van der Waals surface area contributed by atoms with Crippen LogP contribution in [0.4, 0.5) is 0 Å². The van der Waals surface area contributed by atoms with E-state index in [4.69, 9.17) is 28.9 Å². The van der Waals surface area contributed by atoms with Gasteiger partial charge in [-0.15, -0.1) is 11.8 Å². The molecule has 1 unspecified atom stereocenters. The monoisotopic (exact) mass is 297 g/mol. The van der Waals surface area contributed by atoms with Crippen LogP contribution < -0.4 is 5.73 Å². The maximum Gasteiger partial charge on any atom is 0.0454 e. The van der Waals surface area contributed by atoms with Gasteiger partial charge in [0, 0.05) is 26.7 Å². The van der Waals surface area contributed by atoms with Crippen LogP contribution in [0.2, 0.25) is 10.0 Å². The Bertz CT molecular complexity index is 531. The van der Waals surface area contributed by atoms with E-state index < -0.39 is 0 Å². The second kappa shape index (κ2) is 6.48. The summed E-state index contributed by atoms with van der Waals surface area (Å²) in [6, 6.07) is 15.4. The summed E-state index contributed by atoms with van der Waals surface area (Å²) in [7, 11) is 0. The maximum absolute atomic E-state index is 6.14. The van der Waals surface area contributed by atoms with E-state index in [9.17, 15) is 0 Å². The Morgan fingerprint density at radius 2 is 1.83 bits per heavy atom. The number of nitrogens with two attached hydrogens (primary N) is 1. The summed E-state index contributed by atoms with van der Waals surface area (Å²) in [5.41, 5.74) is 7.12. The molecule has 2 N–H and O–H groups in total. The number of halogens is 2. The van der Waals surface area contributed by atoms with Crippen molar-refractivity contribution in [3.05, 3.63) is 64.1 Å². The second-order valence-electron chi connectivity index (χ2n) is 3.90. The smallest absolute Gasteiger partial charge is 0.0454 e. The van der Waals surface area contributed by atoms with Crippen LogP contribution in [0.1, 0.15) is 11.6 Å². The summed E-state index contributed by atoms with van der Waals surface area (Å²) in [6.45, 7) is 0. The molecule has 1 atom stereocenters. The summed E-state index contributed by atoms with van der Waals surface area (Å²) >= 11 is 13.7. The fourth-order valence-corrected chi connectivity index (χ4v) is 3.08. The zero-order chi connectivity index (χ0) is 13.0. The van der Waals surface area contributed by atoms with E-state index in [-0.39, 0.29) is 6.04 Å². The van der Waals surface area contributed by atoms with Crippen LogP contribution in [0.5, 0.6) is 0 Å². The minimum atomic E-state index is -0.0809. The molecule has 94 valence electrons. The van der Waals surface area contributed by atoms with Crippen LogP contribution in [0.15, 0.2) is 53.4 Å². The largest absolute Gasteiger partial charge is 0.323 e. The standard InChI is InChI=1S/C14H13Cl2NS/c15-10-4-3-5-11(8-10)18-9-14(17)12-6-1-2-7-13(12)16/h1-8,14H,9,17H2. The molecule has 0 aliphatic carbocycles. The van der Waals surface area contributed by atoms with Crippen LogP contribution in [0.3, 0.4) is 0 Å².